The Hall–Kier alpha value is -0.610. The lowest BCUT2D eigenvalue weighted by molar-refractivity contribution is -0.145. The molecule has 0 bridgehead atoms. The van der Waals surface area contributed by atoms with Gasteiger partial charge in [-0.3, -0.25) is 4.79 Å². The van der Waals surface area contributed by atoms with E-state index in [2.05, 4.69) is 13.8 Å². The van der Waals surface area contributed by atoms with Crippen LogP contribution in [0, 0.1) is 5.92 Å². The van der Waals surface area contributed by atoms with Crippen LogP contribution in [0.5, 0.6) is 0 Å². The van der Waals surface area contributed by atoms with Crippen molar-refractivity contribution in [3.05, 3.63) is 0 Å². The lowest BCUT2D eigenvalue weighted by Crippen LogP contribution is -2.43. The van der Waals surface area contributed by atoms with Crippen molar-refractivity contribution < 1.29 is 9.53 Å². The summed E-state index contributed by atoms with van der Waals surface area (Å²) in [5.41, 5.74) is 5.66. The third kappa shape index (κ3) is 5.94. The van der Waals surface area contributed by atoms with Crippen LogP contribution in [-0.4, -0.2) is 43.7 Å². The highest BCUT2D eigenvalue weighted by Crippen LogP contribution is 1.97. The van der Waals surface area contributed by atoms with Gasteiger partial charge in [0.1, 0.15) is 6.04 Å². The Morgan fingerprint density at radius 2 is 2.00 bits per heavy atom. The van der Waals surface area contributed by atoms with Crippen molar-refractivity contribution in [2.24, 2.45) is 11.7 Å². The molecule has 4 heteroatoms. The minimum Gasteiger partial charge on any atom is -0.465 e. The topological polar surface area (TPSA) is 55.6 Å². The molecule has 14 heavy (non-hydrogen) atoms. The normalized spacial score (nSPS) is 13.4. The van der Waals surface area contributed by atoms with E-state index in [0.29, 0.717) is 19.1 Å². The molecule has 1 unspecified atom stereocenters. The molecule has 0 saturated heterocycles. The molecule has 4 nitrogen and oxygen atoms in total. The zero-order valence-electron chi connectivity index (χ0n) is 9.62. The first-order chi connectivity index (χ1) is 6.47. The van der Waals surface area contributed by atoms with Crippen molar-refractivity contribution in [3.8, 4) is 0 Å². The Morgan fingerprint density at radius 3 is 2.43 bits per heavy atom. The quantitative estimate of drug-likeness (QED) is 0.636. The second-order valence-corrected chi connectivity index (χ2v) is 3.97. The molecule has 0 aromatic rings. The van der Waals surface area contributed by atoms with Gasteiger partial charge in [0.15, 0.2) is 0 Å². The number of hydrogen-bond donors (Lipinski definition) is 1. The standard InChI is InChI=1S/C10H22N2O2/c1-5-14-10(13)9(11)7-12(4)6-8(2)3/h8-9H,5-7,11H2,1-4H3. The van der Waals surface area contributed by atoms with Crippen LogP contribution in [0.4, 0.5) is 0 Å². The molecule has 0 aliphatic heterocycles. The lowest BCUT2D eigenvalue weighted by atomic mass is 10.2. The van der Waals surface area contributed by atoms with E-state index in [1.54, 1.807) is 6.92 Å². The zero-order valence-corrected chi connectivity index (χ0v) is 9.62. The van der Waals surface area contributed by atoms with E-state index in [-0.39, 0.29) is 5.97 Å². The van der Waals surface area contributed by atoms with Crippen molar-refractivity contribution in [2.75, 3.05) is 26.7 Å². The first kappa shape index (κ1) is 13.4. The number of esters is 1. The van der Waals surface area contributed by atoms with E-state index < -0.39 is 6.04 Å². The molecule has 0 aromatic heterocycles. The second-order valence-electron chi connectivity index (χ2n) is 3.97. The van der Waals surface area contributed by atoms with Crippen LogP contribution in [0.25, 0.3) is 0 Å². The molecule has 0 saturated carbocycles. The van der Waals surface area contributed by atoms with Crippen LogP contribution in [0.15, 0.2) is 0 Å². The molecule has 0 amide bonds. The molecule has 0 aromatic carbocycles. The molecule has 0 aliphatic carbocycles. The molecule has 2 N–H and O–H groups in total. The van der Waals surface area contributed by atoms with Crippen LogP contribution in [-0.2, 0) is 9.53 Å². The SMILES string of the molecule is CCOC(=O)C(N)CN(C)CC(C)C. The fourth-order valence-corrected chi connectivity index (χ4v) is 1.36. The minimum absolute atomic E-state index is 0.317. The summed E-state index contributed by atoms with van der Waals surface area (Å²) in [6, 6.07) is -0.529. The number of likely N-dealkylation sites (N-methyl/N-ethyl adjacent to an activating group) is 1. The van der Waals surface area contributed by atoms with Gasteiger partial charge in [-0.25, -0.2) is 0 Å². The maximum absolute atomic E-state index is 11.2. The van der Waals surface area contributed by atoms with E-state index in [9.17, 15) is 4.79 Å². The second kappa shape index (κ2) is 6.79. The van der Waals surface area contributed by atoms with E-state index in [1.807, 2.05) is 11.9 Å². The zero-order chi connectivity index (χ0) is 11.1. The molecular weight excluding hydrogens is 180 g/mol. The molecular formula is C10H22N2O2. The molecule has 1 atom stereocenters. The van der Waals surface area contributed by atoms with Crippen LogP contribution < -0.4 is 5.73 Å². The number of nitrogens with zero attached hydrogens (tertiary/aromatic N) is 1. The Labute approximate surface area is 86.4 Å². The van der Waals surface area contributed by atoms with E-state index >= 15 is 0 Å². The van der Waals surface area contributed by atoms with Gasteiger partial charge < -0.3 is 15.4 Å². The lowest BCUT2D eigenvalue weighted by Gasteiger charge is -2.21. The summed E-state index contributed by atoms with van der Waals surface area (Å²) in [7, 11) is 1.96. The number of hydrogen-bond acceptors (Lipinski definition) is 4. The average molecular weight is 202 g/mol. The highest BCUT2D eigenvalue weighted by molar-refractivity contribution is 5.75. The summed E-state index contributed by atoms with van der Waals surface area (Å²) in [5, 5.41) is 0. The Kier molecular flexibility index (Phi) is 6.49. The van der Waals surface area contributed by atoms with Crippen molar-refractivity contribution >= 4 is 5.97 Å². The Morgan fingerprint density at radius 1 is 1.43 bits per heavy atom. The molecule has 0 rings (SSSR count). The van der Waals surface area contributed by atoms with Gasteiger partial charge in [0.05, 0.1) is 6.61 Å². The van der Waals surface area contributed by atoms with Gasteiger partial charge in [0, 0.05) is 13.1 Å². The number of rotatable bonds is 6. The van der Waals surface area contributed by atoms with Gasteiger partial charge >= 0.3 is 5.97 Å². The summed E-state index contributed by atoms with van der Waals surface area (Å²) in [5.74, 6) is 0.262. The third-order valence-electron chi connectivity index (χ3n) is 1.77. The summed E-state index contributed by atoms with van der Waals surface area (Å²) in [6.45, 7) is 7.92. The first-order valence-electron chi connectivity index (χ1n) is 5.08. The van der Waals surface area contributed by atoms with Gasteiger partial charge in [-0.15, -0.1) is 0 Å². The molecule has 0 spiro atoms. The van der Waals surface area contributed by atoms with Gasteiger partial charge in [0.2, 0.25) is 0 Å². The number of carbonyl (C=O) groups is 1. The van der Waals surface area contributed by atoms with Crippen molar-refractivity contribution in [1.29, 1.82) is 0 Å². The van der Waals surface area contributed by atoms with E-state index in [0.717, 1.165) is 6.54 Å². The maximum atomic E-state index is 11.2. The highest BCUT2D eigenvalue weighted by atomic mass is 16.5. The third-order valence-corrected chi connectivity index (χ3v) is 1.77. The summed E-state index contributed by atoms with van der Waals surface area (Å²) >= 11 is 0. The minimum atomic E-state index is -0.529. The highest BCUT2D eigenvalue weighted by Gasteiger charge is 2.16. The van der Waals surface area contributed by atoms with Crippen LogP contribution in [0.1, 0.15) is 20.8 Å². The van der Waals surface area contributed by atoms with Crippen molar-refractivity contribution in [2.45, 2.75) is 26.8 Å². The average Bonchev–Trinajstić information content (AvgIpc) is 2.02. The van der Waals surface area contributed by atoms with Gasteiger partial charge in [0.25, 0.3) is 0 Å². The smallest absolute Gasteiger partial charge is 0.324 e. The van der Waals surface area contributed by atoms with E-state index in [4.69, 9.17) is 10.5 Å². The fourth-order valence-electron chi connectivity index (χ4n) is 1.36. The predicted molar refractivity (Wildman–Crippen MR) is 56.9 cm³/mol. The Bertz CT molecular complexity index is 172. The van der Waals surface area contributed by atoms with Gasteiger partial charge in [-0.1, -0.05) is 13.8 Å². The van der Waals surface area contributed by atoms with Gasteiger partial charge in [-0.2, -0.15) is 0 Å². The molecule has 0 heterocycles. The number of nitrogens with two attached hydrogens (primary N) is 1. The van der Waals surface area contributed by atoms with Crippen LogP contribution in [0.3, 0.4) is 0 Å². The molecule has 84 valence electrons. The van der Waals surface area contributed by atoms with Crippen LogP contribution >= 0.6 is 0 Å². The van der Waals surface area contributed by atoms with Crippen LogP contribution in [0.2, 0.25) is 0 Å². The predicted octanol–water partition coefficient (Wildman–Crippen LogP) is 0.465. The van der Waals surface area contributed by atoms with Gasteiger partial charge in [-0.05, 0) is 19.9 Å². The maximum Gasteiger partial charge on any atom is 0.324 e. The van der Waals surface area contributed by atoms with Crippen molar-refractivity contribution in [1.82, 2.24) is 4.90 Å². The largest absolute Gasteiger partial charge is 0.465 e. The number of ether oxygens (including phenoxy) is 1. The summed E-state index contributed by atoms with van der Waals surface area (Å²) in [6.07, 6.45) is 0. The summed E-state index contributed by atoms with van der Waals surface area (Å²) in [4.78, 5) is 13.2. The molecule has 0 fully saturated rings. The monoisotopic (exact) mass is 202 g/mol. The fraction of sp³-hybridized carbons (Fsp3) is 0.900. The molecule has 0 radical (unpaired) electrons. The van der Waals surface area contributed by atoms with E-state index in [1.165, 1.54) is 0 Å². The van der Waals surface area contributed by atoms with Crippen molar-refractivity contribution in [3.63, 3.8) is 0 Å². The first-order valence-corrected chi connectivity index (χ1v) is 5.08. The molecule has 0 aliphatic rings. The number of carbonyl (C=O) groups excluding carboxylic acids is 1. The summed E-state index contributed by atoms with van der Waals surface area (Å²) < 4.78 is 4.82. The Balaban J connectivity index is 3.80.